The van der Waals surface area contributed by atoms with Crippen molar-refractivity contribution in [3.8, 4) is 0 Å². The van der Waals surface area contributed by atoms with Crippen LogP contribution in [-0.4, -0.2) is 33.1 Å². The summed E-state index contributed by atoms with van der Waals surface area (Å²) in [6, 6.07) is 9.75. The van der Waals surface area contributed by atoms with Crippen LogP contribution < -0.4 is 0 Å². The van der Waals surface area contributed by atoms with Gasteiger partial charge in [0.1, 0.15) is 0 Å². The van der Waals surface area contributed by atoms with Crippen molar-refractivity contribution < 1.29 is 12.4 Å². The van der Waals surface area contributed by atoms with Crippen LogP contribution in [0.25, 0.3) is 0 Å². The Balaban J connectivity index is 3.37. The second-order valence-corrected chi connectivity index (χ2v) is 21.6. The van der Waals surface area contributed by atoms with E-state index in [4.69, 9.17) is 3.97 Å². The van der Waals surface area contributed by atoms with Gasteiger partial charge in [-0.05, 0) is 0 Å². The zero-order valence-electron chi connectivity index (χ0n) is 30.0. The van der Waals surface area contributed by atoms with Gasteiger partial charge in [-0.1, -0.05) is 0 Å². The molecule has 0 aliphatic heterocycles. The Morgan fingerprint density at radius 2 is 0.750 bits per heavy atom. The Hall–Kier alpha value is -0.440. The van der Waals surface area contributed by atoms with E-state index in [1.807, 2.05) is 30.3 Å². The molecule has 0 aliphatic carbocycles. The fourth-order valence-electron chi connectivity index (χ4n) is 7.11. The number of hydrogen-bond donors (Lipinski definition) is 0. The quantitative estimate of drug-likeness (QED) is 0.0573. The molecule has 0 aliphatic rings. The van der Waals surface area contributed by atoms with Crippen LogP contribution in [0, 0.1) is 0 Å². The summed E-state index contributed by atoms with van der Waals surface area (Å²) in [7, 11) is -3.70. The standard InChI is InChI=1S/C39H75O3PS/c1-5-9-13-17-21-28-34-43(35-29-22-18-14-10-6-2,36-30-23-19-15-11-7-3,37-31-24-20-16-12-8-4)42-44(40,41)38-39-32-26-25-27-33-39/h25-27,32-33H,5-24,28-31,34-38H2,1-4H3. The summed E-state index contributed by atoms with van der Waals surface area (Å²) >= 11 is 0. The second kappa shape index (κ2) is 25.6. The molecule has 0 amide bonds. The molecule has 0 saturated heterocycles. The van der Waals surface area contributed by atoms with E-state index in [2.05, 4.69) is 27.7 Å². The van der Waals surface area contributed by atoms with Crippen LogP contribution in [0.2, 0.25) is 0 Å². The molecule has 0 saturated carbocycles. The molecule has 0 heterocycles. The molecule has 0 N–H and O–H groups in total. The molecule has 260 valence electrons. The van der Waals surface area contributed by atoms with E-state index < -0.39 is 16.9 Å². The van der Waals surface area contributed by atoms with E-state index in [-0.39, 0.29) is 5.75 Å². The molecular formula is C39H75O3PS. The first kappa shape index (κ1) is 41.6. The number of benzene rings is 1. The van der Waals surface area contributed by atoms with Gasteiger partial charge in [0, 0.05) is 0 Å². The molecule has 0 aromatic heterocycles. The summed E-state index contributed by atoms with van der Waals surface area (Å²) in [4.78, 5) is 0. The summed E-state index contributed by atoms with van der Waals surface area (Å²) in [5.74, 6) is 0.00569. The van der Waals surface area contributed by atoms with E-state index in [0.717, 1.165) is 55.9 Å². The molecule has 3 nitrogen and oxygen atoms in total. The molecule has 1 aromatic carbocycles. The van der Waals surface area contributed by atoms with Gasteiger partial charge >= 0.3 is 277 Å². The normalized spacial score (nSPS) is 13.2. The van der Waals surface area contributed by atoms with Gasteiger partial charge in [-0.3, -0.25) is 0 Å². The van der Waals surface area contributed by atoms with Crippen molar-refractivity contribution in [2.24, 2.45) is 0 Å². The minimum atomic E-state index is -3.70. The molecule has 1 aromatic rings. The van der Waals surface area contributed by atoms with Gasteiger partial charge in [0.2, 0.25) is 0 Å². The maximum absolute atomic E-state index is 14.1. The fraction of sp³-hybridized carbons (Fsp3) is 0.846. The van der Waals surface area contributed by atoms with Crippen molar-refractivity contribution in [2.45, 2.75) is 188 Å². The van der Waals surface area contributed by atoms with Crippen molar-refractivity contribution in [1.29, 1.82) is 0 Å². The van der Waals surface area contributed by atoms with E-state index in [0.29, 0.717) is 0 Å². The maximum atomic E-state index is 14.1. The summed E-state index contributed by atoms with van der Waals surface area (Å²) in [5, 5.41) is 0. The number of rotatable bonds is 32. The van der Waals surface area contributed by atoms with Crippen LogP contribution in [0.15, 0.2) is 30.3 Å². The zero-order valence-corrected chi connectivity index (χ0v) is 31.7. The Morgan fingerprint density at radius 1 is 0.455 bits per heavy atom. The van der Waals surface area contributed by atoms with Gasteiger partial charge < -0.3 is 0 Å². The van der Waals surface area contributed by atoms with Crippen LogP contribution in [0.4, 0.5) is 0 Å². The minimum absolute atomic E-state index is 0.00569. The Kier molecular flexibility index (Phi) is 24.2. The summed E-state index contributed by atoms with van der Waals surface area (Å²) in [6.07, 6.45) is 33.9. The predicted molar refractivity (Wildman–Crippen MR) is 200 cm³/mol. The number of unbranched alkanes of at least 4 members (excludes halogenated alkanes) is 20. The van der Waals surface area contributed by atoms with Crippen LogP contribution >= 0.6 is 6.83 Å². The van der Waals surface area contributed by atoms with Gasteiger partial charge in [-0.25, -0.2) is 0 Å². The first-order chi connectivity index (χ1) is 21.3. The summed E-state index contributed by atoms with van der Waals surface area (Å²) in [6.45, 7) is 6.10. The van der Waals surface area contributed by atoms with Crippen molar-refractivity contribution in [3.05, 3.63) is 35.9 Å². The van der Waals surface area contributed by atoms with Gasteiger partial charge in [0.05, 0.1) is 0 Å². The van der Waals surface area contributed by atoms with Gasteiger partial charge in [-0.15, -0.1) is 0 Å². The third kappa shape index (κ3) is 19.3. The Morgan fingerprint density at radius 3 is 1.07 bits per heavy atom. The second-order valence-electron chi connectivity index (χ2n) is 14.1. The molecule has 44 heavy (non-hydrogen) atoms. The van der Waals surface area contributed by atoms with E-state index in [1.165, 1.54) is 128 Å². The van der Waals surface area contributed by atoms with Gasteiger partial charge in [-0.2, -0.15) is 0 Å². The molecule has 1 rings (SSSR count). The summed E-state index contributed by atoms with van der Waals surface area (Å²) < 4.78 is 35.3. The van der Waals surface area contributed by atoms with Gasteiger partial charge in [0.15, 0.2) is 0 Å². The molecule has 5 heteroatoms. The first-order valence-corrected chi connectivity index (χ1v) is 23.8. The molecule has 0 atom stereocenters. The van der Waals surface area contributed by atoms with Crippen molar-refractivity contribution >= 4 is 16.9 Å². The van der Waals surface area contributed by atoms with E-state index in [1.54, 1.807) is 0 Å². The van der Waals surface area contributed by atoms with Gasteiger partial charge in [0.25, 0.3) is 0 Å². The Labute approximate surface area is 276 Å². The zero-order chi connectivity index (χ0) is 32.3. The third-order valence-corrected chi connectivity index (χ3v) is 18.9. The van der Waals surface area contributed by atoms with Crippen LogP contribution in [-0.2, 0) is 19.8 Å². The van der Waals surface area contributed by atoms with Crippen LogP contribution in [0.3, 0.4) is 0 Å². The van der Waals surface area contributed by atoms with Crippen molar-refractivity contribution in [2.75, 3.05) is 24.6 Å². The number of hydrogen-bond acceptors (Lipinski definition) is 3. The summed E-state index contributed by atoms with van der Waals surface area (Å²) in [5.41, 5.74) is 0.849. The fourth-order valence-corrected chi connectivity index (χ4v) is 17.1. The van der Waals surface area contributed by atoms with Crippen LogP contribution in [0.5, 0.6) is 0 Å². The van der Waals surface area contributed by atoms with E-state index in [9.17, 15) is 8.42 Å². The van der Waals surface area contributed by atoms with Crippen molar-refractivity contribution in [1.82, 2.24) is 0 Å². The predicted octanol–water partition coefficient (Wildman–Crippen LogP) is 13.4. The van der Waals surface area contributed by atoms with Crippen molar-refractivity contribution in [3.63, 3.8) is 0 Å². The molecule has 0 bridgehead atoms. The third-order valence-electron chi connectivity index (χ3n) is 9.82. The SMILES string of the molecule is CCCCCCCCP(CCCCCCCC)(CCCCCCCC)(CCCCCCCC)OS(=O)(=O)Cc1ccccc1. The molecule has 0 spiro atoms. The Bertz CT molecular complexity index is 810. The van der Waals surface area contributed by atoms with E-state index >= 15 is 0 Å². The average Bonchev–Trinajstić information content (AvgIpc) is 3.00. The van der Waals surface area contributed by atoms with Crippen LogP contribution in [0.1, 0.15) is 187 Å². The molecular weight excluding hydrogens is 579 g/mol. The molecule has 0 fully saturated rings. The topological polar surface area (TPSA) is 43.4 Å². The first-order valence-electron chi connectivity index (χ1n) is 19.3. The molecule has 0 radical (unpaired) electrons. The monoisotopic (exact) mass is 655 g/mol. The molecule has 0 unspecified atom stereocenters. The average molecular weight is 655 g/mol.